The molecular weight excluding hydrogens is 374 g/mol. The van der Waals surface area contributed by atoms with Crippen molar-refractivity contribution in [2.24, 2.45) is 7.05 Å². The highest BCUT2D eigenvalue weighted by Gasteiger charge is 2.19. The molecule has 1 heterocycles. The van der Waals surface area contributed by atoms with E-state index in [1.807, 2.05) is 0 Å². The van der Waals surface area contributed by atoms with Crippen LogP contribution in [-0.2, 0) is 17.1 Å². The Kier molecular flexibility index (Phi) is 4.59. The second-order valence-electron chi connectivity index (χ2n) is 5.81. The van der Waals surface area contributed by atoms with E-state index in [-0.39, 0.29) is 16.1 Å². The molecule has 3 aromatic rings. The number of anilines is 2. The summed E-state index contributed by atoms with van der Waals surface area (Å²) in [6.07, 6.45) is 1.08. The molecule has 0 unspecified atom stereocenters. The van der Waals surface area contributed by atoms with E-state index in [0.717, 1.165) is 32.1 Å². The number of rotatable bonds is 4. The van der Waals surface area contributed by atoms with Gasteiger partial charge in [-0.25, -0.2) is 8.42 Å². The zero-order valence-electron chi connectivity index (χ0n) is 14.4. The summed E-state index contributed by atoms with van der Waals surface area (Å²) < 4.78 is 27.0. The van der Waals surface area contributed by atoms with Crippen LogP contribution in [0.3, 0.4) is 0 Å². The van der Waals surface area contributed by atoms with Crippen LogP contribution in [0, 0.1) is 0 Å². The van der Waals surface area contributed by atoms with Crippen molar-refractivity contribution in [3.8, 4) is 0 Å². The van der Waals surface area contributed by atoms with E-state index >= 15 is 0 Å². The number of hydrogen-bond donors (Lipinski definition) is 1. The number of amides is 1. The van der Waals surface area contributed by atoms with Gasteiger partial charge in [0.1, 0.15) is 0 Å². The molecule has 3 rings (SSSR count). The van der Waals surface area contributed by atoms with Crippen molar-refractivity contribution in [1.82, 2.24) is 4.57 Å². The number of thiazole rings is 1. The molecule has 0 saturated heterocycles. The lowest BCUT2D eigenvalue weighted by atomic mass is 10.1. The van der Waals surface area contributed by atoms with E-state index in [1.54, 1.807) is 54.1 Å². The van der Waals surface area contributed by atoms with Gasteiger partial charge in [-0.15, -0.1) is 0 Å². The van der Waals surface area contributed by atoms with Gasteiger partial charge >= 0.3 is 4.87 Å². The van der Waals surface area contributed by atoms with Gasteiger partial charge < -0.3 is 9.88 Å². The third kappa shape index (κ3) is 3.35. The van der Waals surface area contributed by atoms with Crippen LogP contribution >= 0.6 is 11.3 Å². The number of para-hydroxylation sites is 1. The Balaban J connectivity index is 1.95. The van der Waals surface area contributed by atoms with E-state index in [2.05, 4.69) is 5.32 Å². The third-order valence-electron chi connectivity index (χ3n) is 4.04. The fourth-order valence-corrected chi connectivity index (χ4v) is 3.96. The van der Waals surface area contributed by atoms with Crippen molar-refractivity contribution in [2.45, 2.75) is 0 Å². The van der Waals surface area contributed by atoms with Crippen LogP contribution in [0.2, 0.25) is 0 Å². The van der Waals surface area contributed by atoms with Crippen LogP contribution < -0.4 is 14.5 Å². The van der Waals surface area contributed by atoms with Crippen molar-refractivity contribution >= 4 is 48.9 Å². The first kappa shape index (κ1) is 18.2. The molecule has 0 bridgehead atoms. The number of nitrogens with one attached hydrogen (secondary N) is 1. The number of carbonyl (C=O) groups excluding carboxylic acids is 1. The SMILES string of the molecule is CN(c1ccccc1C(=O)Nc1ccc2c(c1)sc(=O)n2C)S(C)(=O)=O. The van der Waals surface area contributed by atoms with E-state index < -0.39 is 15.9 Å². The number of hydrogen-bond acceptors (Lipinski definition) is 5. The molecule has 1 amide bonds. The Labute approximate surface area is 154 Å². The monoisotopic (exact) mass is 391 g/mol. The molecule has 0 fully saturated rings. The number of fused-ring (bicyclic) bond motifs is 1. The van der Waals surface area contributed by atoms with Gasteiger partial charge in [-0.3, -0.25) is 13.9 Å². The van der Waals surface area contributed by atoms with Crippen molar-refractivity contribution in [3.63, 3.8) is 0 Å². The molecule has 1 aromatic heterocycles. The molecule has 0 aliphatic carbocycles. The van der Waals surface area contributed by atoms with E-state index in [0.29, 0.717) is 5.69 Å². The number of aromatic nitrogens is 1. The lowest BCUT2D eigenvalue weighted by Crippen LogP contribution is -2.27. The quantitative estimate of drug-likeness (QED) is 0.739. The number of aryl methyl sites for hydroxylation is 1. The summed E-state index contributed by atoms with van der Waals surface area (Å²) in [4.78, 5) is 24.3. The fraction of sp³-hybridized carbons (Fsp3) is 0.176. The average molecular weight is 391 g/mol. The summed E-state index contributed by atoms with van der Waals surface area (Å²) in [6.45, 7) is 0. The van der Waals surface area contributed by atoms with Gasteiger partial charge in [0.2, 0.25) is 10.0 Å². The summed E-state index contributed by atoms with van der Waals surface area (Å²) in [5.41, 5.74) is 1.84. The zero-order valence-corrected chi connectivity index (χ0v) is 16.0. The highest BCUT2D eigenvalue weighted by Crippen LogP contribution is 2.25. The minimum Gasteiger partial charge on any atom is -0.322 e. The van der Waals surface area contributed by atoms with E-state index in [4.69, 9.17) is 0 Å². The van der Waals surface area contributed by atoms with Crippen molar-refractivity contribution in [2.75, 3.05) is 22.9 Å². The van der Waals surface area contributed by atoms with Gasteiger partial charge in [0.15, 0.2) is 0 Å². The number of benzene rings is 2. The maximum Gasteiger partial charge on any atom is 0.307 e. The highest BCUT2D eigenvalue weighted by atomic mass is 32.2. The molecule has 9 heteroatoms. The first-order valence-electron chi connectivity index (χ1n) is 7.62. The van der Waals surface area contributed by atoms with E-state index in [9.17, 15) is 18.0 Å². The number of nitrogens with zero attached hydrogens (tertiary/aromatic N) is 2. The molecule has 0 saturated carbocycles. The Bertz CT molecular complexity index is 1160. The standard InChI is InChI=1S/C17H17N3O4S2/c1-19-14-9-8-11(10-15(14)25-17(19)22)18-16(21)12-6-4-5-7-13(12)20(2)26(3,23)24/h4-10H,1-3H3,(H,18,21). The summed E-state index contributed by atoms with van der Waals surface area (Å²) >= 11 is 1.10. The van der Waals surface area contributed by atoms with Crippen LogP contribution in [-0.4, -0.2) is 32.2 Å². The normalized spacial score (nSPS) is 11.5. The Morgan fingerprint density at radius 2 is 1.88 bits per heavy atom. The van der Waals surface area contributed by atoms with Crippen LogP contribution in [0.25, 0.3) is 10.2 Å². The Morgan fingerprint density at radius 1 is 1.19 bits per heavy atom. The van der Waals surface area contributed by atoms with Crippen LogP contribution in [0.1, 0.15) is 10.4 Å². The van der Waals surface area contributed by atoms with Crippen LogP contribution in [0.4, 0.5) is 11.4 Å². The van der Waals surface area contributed by atoms with Crippen LogP contribution in [0.5, 0.6) is 0 Å². The fourth-order valence-electron chi connectivity index (χ4n) is 2.53. The van der Waals surface area contributed by atoms with Gasteiger partial charge in [-0.1, -0.05) is 23.5 Å². The topological polar surface area (TPSA) is 88.5 Å². The Hall–Kier alpha value is -2.65. The first-order valence-corrected chi connectivity index (χ1v) is 10.3. The molecule has 0 atom stereocenters. The van der Waals surface area contributed by atoms with Crippen LogP contribution in [0.15, 0.2) is 47.3 Å². The van der Waals surface area contributed by atoms with Crippen molar-refractivity contribution in [1.29, 1.82) is 0 Å². The lowest BCUT2D eigenvalue weighted by molar-refractivity contribution is 0.102. The van der Waals surface area contributed by atoms with Gasteiger partial charge in [-0.2, -0.15) is 0 Å². The lowest BCUT2D eigenvalue weighted by Gasteiger charge is -2.19. The largest absolute Gasteiger partial charge is 0.322 e. The molecule has 2 aromatic carbocycles. The van der Waals surface area contributed by atoms with Gasteiger partial charge in [0, 0.05) is 19.8 Å². The molecule has 136 valence electrons. The summed E-state index contributed by atoms with van der Waals surface area (Å²) in [5, 5.41) is 2.76. The van der Waals surface area contributed by atoms with E-state index in [1.165, 1.54) is 7.05 Å². The molecule has 1 N–H and O–H groups in total. The smallest absolute Gasteiger partial charge is 0.307 e. The zero-order chi connectivity index (χ0) is 19.1. The molecule has 7 nitrogen and oxygen atoms in total. The van der Waals surface area contributed by atoms with Crippen molar-refractivity contribution in [3.05, 3.63) is 57.7 Å². The number of carbonyl (C=O) groups is 1. The summed E-state index contributed by atoms with van der Waals surface area (Å²) in [6, 6.07) is 11.7. The number of sulfonamides is 1. The minimum absolute atomic E-state index is 0.0800. The van der Waals surface area contributed by atoms with Gasteiger partial charge in [-0.05, 0) is 30.3 Å². The second-order valence-corrected chi connectivity index (χ2v) is 8.82. The molecular formula is C17H17N3O4S2. The van der Waals surface area contributed by atoms with Gasteiger partial charge in [0.05, 0.1) is 27.7 Å². The van der Waals surface area contributed by atoms with Crippen molar-refractivity contribution < 1.29 is 13.2 Å². The average Bonchev–Trinajstić information content (AvgIpc) is 2.87. The Morgan fingerprint density at radius 3 is 2.58 bits per heavy atom. The predicted octanol–water partition coefficient (Wildman–Crippen LogP) is 2.25. The first-order chi connectivity index (χ1) is 12.2. The molecule has 0 aliphatic rings. The molecule has 0 spiro atoms. The van der Waals surface area contributed by atoms with Gasteiger partial charge in [0.25, 0.3) is 5.91 Å². The molecule has 0 aliphatic heterocycles. The summed E-state index contributed by atoms with van der Waals surface area (Å²) in [5.74, 6) is -0.432. The minimum atomic E-state index is -3.50. The molecule has 0 radical (unpaired) electrons. The second kappa shape index (κ2) is 6.58. The maximum atomic E-state index is 12.7. The maximum absolute atomic E-state index is 12.7. The third-order valence-corrected chi connectivity index (χ3v) is 6.22. The predicted molar refractivity (Wildman–Crippen MR) is 105 cm³/mol. The highest BCUT2D eigenvalue weighted by molar-refractivity contribution is 7.92. The summed E-state index contributed by atoms with van der Waals surface area (Å²) in [7, 11) is -0.409. The molecule has 26 heavy (non-hydrogen) atoms.